The molecular weight excluding hydrogens is 434 g/mol. The number of hydrogen-bond donors (Lipinski definition) is 1. The quantitative estimate of drug-likeness (QED) is 0.537. The summed E-state index contributed by atoms with van der Waals surface area (Å²) in [6.07, 6.45) is 5.46. The number of piperidine rings is 1. The fraction of sp³-hybridized carbons (Fsp3) is 0.560. The first kappa shape index (κ1) is 22.5. The lowest BCUT2D eigenvalue weighted by molar-refractivity contribution is -0.132. The Bertz CT molecular complexity index is 1110. The summed E-state index contributed by atoms with van der Waals surface area (Å²) in [5.74, 6) is 2.11. The number of carbonyl (C=O) groups excluding carboxylic acids is 1. The predicted molar refractivity (Wildman–Crippen MR) is 131 cm³/mol. The van der Waals surface area contributed by atoms with Gasteiger partial charge in [0.1, 0.15) is 0 Å². The number of ether oxygens (including phenoxy) is 1. The van der Waals surface area contributed by atoms with Gasteiger partial charge in [0.2, 0.25) is 5.91 Å². The first-order valence-electron chi connectivity index (χ1n) is 12.1. The smallest absolute Gasteiger partial charge is 0.235 e. The number of H-pyrrole nitrogens is 1. The van der Waals surface area contributed by atoms with Crippen molar-refractivity contribution >= 4 is 28.6 Å². The minimum atomic E-state index is -0.217. The summed E-state index contributed by atoms with van der Waals surface area (Å²) >= 11 is 1.51. The van der Waals surface area contributed by atoms with E-state index < -0.39 is 0 Å². The molecule has 4 atom stereocenters. The molecule has 0 spiro atoms. The third-order valence-corrected chi connectivity index (χ3v) is 7.84. The lowest BCUT2D eigenvalue weighted by Crippen LogP contribution is -2.45. The molecule has 2 fully saturated rings. The van der Waals surface area contributed by atoms with E-state index in [1.54, 1.807) is 0 Å². The molecule has 2 aliphatic rings. The highest BCUT2D eigenvalue weighted by Gasteiger charge is 2.31. The molecule has 0 saturated carbocycles. The molecule has 0 radical (unpaired) electrons. The van der Waals surface area contributed by atoms with Crippen molar-refractivity contribution in [1.29, 1.82) is 0 Å². The topological polar surface area (TPSA) is 76.0 Å². The van der Waals surface area contributed by atoms with Crippen LogP contribution in [0.25, 0.3) is 22.3 Å². The van der Waals surface area contributed by atoms with Crippen molar-refractivity contribution in [2.75, 3.05) is 19.7 Å². The van der Waals surface area contributed by atoms with E-state index >= 15 is 0 Å². The molecule has 33 heavy (non-hydrogen) atoms. The average molecular weight is 468 g/mol. The molecular formula is C25H33N5O2S. The van der Waals surface area contributed by atoms with Gasteiger partial charge in [0.05, 0.1) is 17.9 Å². The highest BCUT2D eigenvalue weighted by atomic mass is 32.2. The first-order chi connectivity index (χ1) is 16.0. The number of aromatic amines is 1. The van der Waals surface area contributed by atoms with Crippen LogP contribution in [0.5, 0.6) is 0 Å². The Balaban J connectivity index is 1.42. The lowest BCUT2D eigenvalue weighted by Gasteiger charge is -2.36. The molecule has 176 valence electrons. The van der Waals surface area contributed by atoms with E-state index in [1.807, 2.05) is 30.2 Å². The average Bonchev–Trinajstić information content (AvgIpc) is 3.54. The van der Waals surface area contributed by atoms with Crippen LogP contribution in [0, 0.1) is 11.8 Å². The van der Waals surface area contributed by atoms with Crippen LogP contribution < -0.4 is 0 Å². The summed E-state index contributed by atoms with van der Waals surface area (Å²) < 4.78 is 8.10. The molecule has 2 saturated heterocycles. The second kappa shape index (κ2) is 9.50. The van der Waals surface area contributed by atoms with Gasteiger partial charge < -0.3 is 14.6 Å². The number of likely N-dealkylation sites (tertiary alicyclic amines) is 1. The number of hydrogen-bond acceptors (Lipinski definition) is 5. The molecule has 2 aliphatic heterocycles. The fourth-order valence-electron chi connectivity index (χ4n) is 5.30. The van der Waals surface area contributed by atoms with E-state index in [4.69, 9.17) is 4.74 Å². The molecule has 7 nitrogen and oxygen atoms in total. The second-order valence-electron chi connectivity index (χ2n) is 9.75. The van der Waals surface area contributed by atoms with Gasteiger partial charge in [-0.1, -0.05) is 43.8 Å². The van der Waals surface area contributed by atoms with Crippen LogP contribution in [0.15, 0.2) is 35.6 Å². The van der Waals surface area contributed by atoms with E-state index in [9.17, 15) is 4.79 Å². The maximum atomic E-state index is 13.3. The summed E-state index contributed by atoms with van der Waals surface area (Å²) in [5.41, 5.74) is 2.10. The molecule has 2 aromatic heterocycles. The molecule has 4 unspecified atom stereocenters. The molecule has 1 amide bonds. The monoisotopic (exact) mass is 467 g/mol. The van der Waals surface area contributed by atoms with Crippen molar-refractivity contribution in [2.45, 2.75) is 63.1 Å². The molecule has 3 aromatic rings. The number of para-hydroxylation sites is 1. The van der Waals surface area contributed by atoms with E-state index in [0.29, 0.717) is 18.4 Å². The van der Waals surface area contributed by atoms with Crippen LogP contribution in [0.2, 0.25) is 0 Å². The standard InChI is InChI=1S/C25H33N5O2S/c1-16-11-17(2)14-29(13-16)24(31)18(3)33-25-28-27-23(30(25)15-19-7-6-10-32-19)21-12-26-22-9-5-4-8-20(21)22/h4-5,8-9,12,16-19,26H,6-7,10-11,13-15H2,1-3H3. The first-order valence-corrected chi connectivity index (χ1v) is 12.9. The number of benzene rings is 1. The number of carbonyl (C=O) groups is 1. The predicted octanol–water partition coefficient (Wildman–Crippen LogP) is 4.59. The van der Waals surface area contributed by atoms with Crippen molar-refractivity contribution < 1.29 is 9.53 Å². The summed E-state index contributed by atoms with van der Waals surface area (Å²) in [5, 5.41) is 10.8. The van der Waals surface area contributed by atoms with E-state index in [1.165, 1.54) is 18.2 Å². The largest absolute Gasteiger partial charge is 0.376 e. The minimum Gasteiger partial charge on any atom is -0.376 e. The summed E-state index contributed by atoms with van der Waals surface area (Å²) in [6, 6.07) is 8.23. The zero-order valence-corrected chi connectivity index (χ0v) is 20.5. The van der Waals surface area contributed by atoms with E-state index in [0.717, 1.165) is 60.0 Å². The molecule has 8 heteroatoms. The normalized spacial score (nSPS) is 24.5. The van der Waals surface area contributed by atoms with Crippen LogP contribution >= 0.6 is 11.8 Å². The third-order valence-electron chi connectivity index (χ3n) is 6.77. The molecule has 0 aliphatic carbocycles. The van der Waals surface area contributed by atoms with E-state index in [2.05, 4.69) is 45.7 Å². The maximum Gasteiger partial charge on any atom is 0.235 e. The number of nitrogens with one attached hydrogen (secondary N) is 1. The Labute approximate surface area is 199 Å². The zero-order chi connectivity index (χ0) is 22.9. The number of nitrogens with zero attached hydrogens (tertiary/aromatic N) is 4. The highest BCUT2D eigenvalue weighted by molar-refractivity contribution is 8.00. The maximum absolute atomic E-state index is 13.3. The van der Waals surface area contributed by atoms with Gasteiger partial charge >= 0.3 is 0 Å². The lowest BCUT2D eigenvalue weighted by atomic mass is 9.92. The fourth-order valence-corrected chi connectivity index (χ4v) is 6.24. The number of amides is 1. The van der Waals surface area contributed by atoms with Crippen LogP contribution in [0.4, 0.5) is 0 Å². The molecule has 5 rings (SSSR count). The minimum absolute atomic E-state index is 0.152. The Hall–Kier alpha value is -2.32. The zero-order valence-electron chi connectivity index (χ0n) is 19.7. The highest BCUT2D eigenvalue weighted by Crippen LogP contribution is 2.33. The van der Waals surface area contributed by atoms with Crippen molar-refractivity contribution in [2.24, 2.45) is 11.8 Å². The van der Waals surface area contributed by atoms with Crippen LogP contribution in [-0.4, -0.2) is 61.6 Å². The van der Waals surface area contributed by atoms with Crippen LogP contribution in [0.3, 0.4) is 0 Å². The van der Waals surface area contributed by atoms with Gasteiger partial charge in [0, 0.05) is 42.4 Å². The van der Waals surface area contributed by atoms with Gasteiger partial charge in [-0.15, -0.1) is 10.2 Å². The number of aromatic nitrogens is 4. The molecule has 0 bridgehead atoms. The summed E-state index contributed by atoms with van der Waals surface area (Å²) in [7, 11) is 0. The van der Waals surface area contributed by atoms with Crippen molar-refractivity contribution in [3.8, 4) is 11.4 Å². The summed E-state index contributed by atoms with van der Waals surface area (Å²) in [6.45, 7) is 9.65. The van der Waals surface area contributed by atoms with Crippen molar-refractivity contribution in [1.82, 2.24) is 24.6 Å². The second-order valence-corrected chi connectivity index (χ2v) is 11.1. The van der Waals surface area contributed by atoms with Crippen LogP contribution in [-0.2, 0) is 16.1 Å². The van der Waals surface area contributed by atoms with Gasteiger partial charge in [0.15, 0.2) is 11.0 Å². The molecule has 1 N–H and O–H groups in total. The van der Waals surface area contributed by atoms with Gasteiger partial charge in [-0.25, -0.2) is 0 Å². The molecule has 1 aromatic carbocycles. The Morgan fingerprint density at radius 1 is 1.24 bits per heavy atom. The summed E-state index contributed by atoms with van der Waals surface area (Å²) in [4.78, 5) is 18.7. The van der Waals surface area contributed by atoms with Gasteiger partial charge in [-0.3, -0.25) is 9.36 Å². The third kappa shape index (κ3) is 4.68. The Morgan fingerprint density at radius 3 is 2.79 bits per heavy atom. The number of thioether (sulfide) groups is 1. The number of rotatable bonds is 6. The van der Waals surface area contributed by atoms with Crippen molar-refractivity contribution in [3.63, 3.8) is 0 Å². The van der Waals surface area contributed by atoms with Crippen molar-refractivity contribution in [3.05, 3.63) is 30.5 Å². The van der Waals surface area contributed by atoms with Crippen LogP contribution in [0.1, 0.15) is 40.0 Å². The molecule has 4 heterocycles. The van der Waals surface area contributed by atoms with Gasteiger partial charge in [-0.2, -0.15) is 0 Å². The Morgan fingerprint density at radius 2 is 2.03 bits per heavy atom. The Kier molecular flexibility index (Phi) is 6.47. The van der Waals surface area contributed by atoms with E-state index in [-0.39, 0.29) is 17.3 Å². The van der Waals surface area contributed by atoms with Gasteiger partial charge in [-0.05, 0) is 44.1 Å². The number of fused-ring (bicyclic) bond motifs is 1. The SMILES string of the molecule is CC1CC(C)CN(C(=O)C(C)Sc2nnc(-c3c[nH]c4ccccc34)n2CC2CCCO2)C1. The van der Waals surface area contributed by atoms with Gasteiger partial charge in [0.25, 0.3) is 0 Å².